The average molecular weight is 350 g/mol. The Morgan fingerprint density at radius 3 is 2.50 bits per heavy atom. The first-order chi connectivity index (χ1) is 11.3. The average Bonchev–Trinajstić information content (AvgIpc) is 2.56. The van der Waals surface area contributed by atoms with Crippen LogP contribution in [0, 0.1) is 0 Å². The van der Waals surface area contributed by atoms with Crippen LogP contribution in [0.25, 0.3) is 5.57 Å². The van der Waals surface area contributed by atoms with Crippen molar-refractivity contribution in [3.63, 3.8) is 0 Å². The van der Waals surface area contributed by atoms with Gasteiger partial charge in [-0.2, -0.15) is 0 Å². The molecule has 4 nitrogen and oxygen atoms in total. The van der Waals surface area contributed by atoms with E-state index in [-0.39, 0.29) is 11.8 Å². The molecule has 0 spiro atoms. The molecule has 1 aromatic rings. The SMILES string of the molecule is CCC(=O)c1ccc(Cl)cc1/C(=C/C=O)C(=CN(C)C(C)C)OC. The molecule has 0 heterocycles. The van der Waals surface area contributed by atoms with Crippen molar-refractivity contribution < 1.29 is 14.3 Å². The number of nitrogens with zero attached hydrogens (tertiary/aromatic N) is 1. The highest BCUT2D eigenvalue weighted by atomic mass is 35.5. The van der Waals surface area contributed by atoms with E-state index >= 15 is 0 Å². The summed E-state index contributed by atoms with van der Waals surface area (Å²) in [6, 6.07) is 5.29. The van der Waals surface area contributed by atoms with Gasteiger partial charge in [-0.1, -0.05) is 18.5 Å². The summed E-state index contributed by atoms with van der Waals surface area (Å²) in [5.74, 6) is 0.469. The molecule has 1 aromatic carbocycles. The standard InChI is InChI=1S/C19H24ClNO3/c1-6-18(23)15-8-7-14(20)11-17(15)16(9-10-22)19(24-5)12-21(4)13(2)3/h7-13H,6H2,1-5H3/b16-9-,19-12?. The number of ether oxygens (including phenoxy) is 1. The number of hydrogen-bond acceptors (Lipinski definition) is 4. The number of benzene rings is 1. The summed E-state index contributed by atoms with van der Waals surface area (Å²) in [5.41, 5.74) is 1.64. The molecule has 0 unspecified atom stereocenters. The van der Waals surface area contributed by atoms with Crippen molar-refractivity contribution in [2.75, 3.05) is 14.2 Å². The third-order valence-corrected chi connectivity index (χ3v) is 3.98. The predicted octanol–water partition coefficient (Wildman–Crippen LogP) is 4.34. The summed E-state index contributed by atoms with van der Waals surface area (Å²) in [6.45, 7) is 5.88. The fraction of sp³-hybridized carbons (Fsp3) is 0.368. The number of methoxy groups -OCH3 is 1. The summed E-state index contributed by atoms with van der Waals surface area (Å²) in [7, 11) is 3.45. The number of ketones is 1. The van der Waals surface area contributed by atoms with E-state index in [0.29, 0.717) is 40.2 Å². The van der Waals surface area contributed by atoms with Gasteiger partial charge in [0.2, 0.25) is 0 Å². The number of hydrogen-bond donors (Lipinski definition) is 0. The molecule has 0 saturated carbocycles. The molecule has 130 valence electrons. The maximum absolute atomic E-state index is 12.3. The van der Waals surface area contributed by atoms with Crippen molar-refractivity contribution in [3.05, 3.63) is 52.4 Å². The van der Waals surface area contributed by atoms with Crippen molar-refractivity contribution in [2.45, 2.75) is 33.2 Å². The van der Waals surface area contributed by atoms with Crippen molar-refractivity contribution in [3.8, 4) is 0 Å². The molecule has 0 saturated heterocycles. The van der Waals surface area contributed by atoms with Crippen LogP contribution < -0.4 is 0 Å². The van der Waals surface area contributed by atoms with E-state index in [2.05, 4.69) is 0 Å². The lowest BCUT2D eigenvalue weighted by Gasteiger charge is -2.22. The highest BCUT2D eigenvalue weighted by Gasteiger charge is 2.18. The van der Waals surface area contributed by atoms with E-state index in [1.807, 2.05) is 25.8 Å². The zero-order chi connectivity index (χ0) is 18.3. The number of aldehydes is 1. The van der Waals surface area contributed by atoms with E-state index in [9.17, 15) is 9.59 Å². The third-order valence-electron chi connectivity index (χ3n) is 3.75. The van der Waals surface area contributed by atoms with Gasteiger partial charge in [0.25, 0.3) is 0 Å². The number of halogens is 1. The fourth-order valence-electron chi connectivity index (χ4n) is 2.11. The van der Waals surface area contributed by atoms with Crippen LogP contribution in [0.5, 0.6) is 0 Å². The van der Waals surface area contributed by atoms with Crippen molar-refractivity contribution >= 4 is 29.2 Å². The highest BCUT2D eigenvalue weighted by Crippen LogP contribution is 2.30. The van der Waals surface area contributed by atoms with E-state index in [4.69, 9.17) is 16.3 Å². The second-order valence-corrected chi connectivity index (χ2v) is 6.08. The van der Waals surface area contributed by atoms with Crippen LogP contribution in [-0.4, -0.2) is 37.2 Å². The van der Waals surface area contributed by atoms with E-state index < -0.39 is 0 Å². The van der Waals surface area contributed by atoms with Gasteiger partial charge >= 0.3 is 0 Å². The number of rotatable bonds is 8. The fourth-order valence-corrected chi connectivity index (χ4v) is 2.28. The van der Waals surface area contributed by atoms with Gasteiger partial charge in [-0.3, -0.25) is 9.59 Å². The molecule has 5 heteroatoms. The van der Waals surface area contributed by atoms with Crippen molar-refractivity contribution in [2.24, 2.45) is 0 Å². The largest absolute Gasteiger partial charge is 0.495 e. The lowest BCUT2D eigenvalue weighted by molar-refractivity contribution is -0.104. The first-order valence-corrected chi connectivity index (χ1v) is 8.20. The molecule has 1 rings (SSSR count). The van der Waals surface area contributed by atoms with Crippen molar-refractivity contribution in [1.29, 1.82) is 0 Å². The van der Waals surface area contributed by atoms with Gasteiger partial charge in [-0.25, -0.2) is 0 Å². The zero-order valence-electron chi connectivity index (χ0n) is 14.8. The summed E-state index contributed by atoms with van der Waals surface area (Å²) in [5, 5.41) is 0.488. The molecule has 0 N–H and O–H groups in total. The number of carbonyl (C=O) groups is 2. The Morgan fingerprint density at radius 2 is 2.00 bits per heavy atom. The second-order valence-electron chi connectivity index (χ2n) is 5.64. The molecule has 0 fully saturated rings. The van der Waals surface area contributed by atoms with Crippen LogP contribution >= 0.6 is 11.6 Å². The van der Waals surface area contributed by atoms with Gasteiger partial charge in [-0.05, 0) is 43.7 Å². The Balaban J connectivity index is 3.56. The third kappa shape index (κ3) is 4.96. The van der Waals surface area contributed by atoms with Gasteiger partial charge < -0.3 is 9.64 Å². The molecule has 0 aliphatic rings. The minimum Gasteiger partial charge on any atom is -0.495 e. The lowest BCUT2D eigenvalue weighted by atomic mass is 9.94. The topological polar surface area (TPSA) is 46.6 Å². The van der Waals surface area contributed by atoms with Gasteiger partial charge in [0.1, 0.15) is 12.0 Å². The maximum atomic E-state index is 12.3. The normalized spacial score (nSPS) is 12.3. The molecular formula is C19H24ClNO3. The summed E-state index contributed by atoms with van der Waals surface area (Å²) in [6.07, 6.45) is 4.24. The quantitative estimate of drug-likeness (QED) is 0.230. The number of Topliss-reactive ketones (excluding diaryl/α,β-unsaturated/α-hetero) is 1. The molecule has 0 atom stereocenters. The number of allylic oxidation sites excluding steroid dienone is 2. The Bertz CT molecular complexity index is 663. The van der Waals surface area contributed by atoms with E-state index in [0.717, 1.165) is 0 Å². The first-order valence-electron chi connectivity index (χ1n) is 7.82. The van der Waals surface area contributed by atoms with E-state index in [1.165, 1.54) is 13.2 Å². The minimum atomic E-state index is -0.0221. The first kappa shape index (κ1) is 20.0. The Hall–Kier alpha value is -2.07. The minimum absolute atomic E-state index is 0.0221. The molecule has 0 radical (unpaired) electrons. The Labute approximate surface area is 148 Å². The summed E-state index contributed by atoms with van der Waals surface area (Å²) < 4.78 is 5.49. The van der Waals surface area contributed by atoms with Crippen LogP contribution in [0.1, 0.15) is 43.1 Å². The second kappa shape index (κ2) is 9.28. The molecule has 0 aliphatic heterocycles. The number of carbonyl (C=O) groups excluding carboxylic acids is 2. The van der Waals surface area contributed by atoms with Gasteiger partial charge in [0.05, 0.1) is 7.11 Å². The van der Waals surface area contributed by atoms with Crippen LogP contribution in [0.4, 0.5) is 0 Å². The van der Waals surface area contributed by atoms with E-state index in [1.54, 1.807) is 31.3 Å². The van der Waals surface area contributed by atoms with Crippen LogP contribution in [-0.2, 0) is 9.53 Å². The molecule has 0 aliphatic carbocycles. The zero-order valence-corrected chi connectivity index (χ0v) is 15.6. The van der Waals surface area contributed by atoms with Crippen molar-refractivity contribution in [1.82, 2.24) is 4.90 Å². The predicted molar refractivity (Wildman–Crippen MR) is 98.1 cm³/mol. The molecule has 0 bridgehead atoms. The summed E-state index contributed by atoms with van der Waals surface area (Å²) >= 11 is 6.12. The van der Waals surface area contributed by atoms with Crippen LogP contribution in [0.2, 0.25) is 5.02 Å². The maximum Gasteiger partial charge on any atom is 0.163 e. The van der Waals surface area contributed by atoms with Gasteiger partial charge in [0, 0.05) is 41.9 Å². The van der Waals surface area contributed by atoms with Gasteiger partial charge in [-0.15, -0.1) is 0 Å². The lowest BCUT2D eigenvalue weighted by Crippen LogP contribution is -2.21. The summed E-state index contributed by atoms with van der Waals surface area (Å²) in [4.78, 5) is 25.4. The Kier molecular flexibility index (Phi) is 7.72. The molecule has 0 aromatic heterocycles. The highest BCUT2D eigenvalue weighted by molar-refractivity contribution is 6.31. The van der Waals surface area contributed by atoms with Gasteiger partial charge in [0.15, 0.2) is 5.78 Å². The molecule has 24 heavy (non-hydrogen) atoms. The smallest absolute Gasteiger partial charge is 0.163 e. The monoisotopic (exact) mass is 349 g/mol. The van der Waals surface area contributed by atoms with Crippen LogP contribution in [0.15, 0.2) is 36.2 Å². The molecular weight excluding hydrogens is 326 g/mol. The Morgan fingerprint density at radius 1 is 1.33 bits per heavy atom. The van der Waals surface area contributed by atoms with Crippen LogP contribution in [0.3, 0.4) is 0 Å². The molecule has 0 amide bonds.